The van der Waals surface area contributed by atoms with Gasteiger partial charge in [0.15, 0.2) is 0 Å². The van der Waals surface area contributed by atoms with Crippen LogP contribution in [0.25, 0.3) is 27.7 Å². The number of fused-ring (bicyclic) bond motifs is 1. The number of piperazine rings is 1. The standard InChI is InChI=1S/C31H26ClN5O5S/c1-21-6-13-25(14-7-21)43(41,42)35-18-16-34(17-19-35)24-12-15-28(37(39)40)29(20-24)36-31(38)27-5-3-2-4-26(27)30(33-36)22-8-10-23(32)11-9-22/h2-15,20H,16-19H2,1H3. The lowest BCUT2D eigenvalue weighted by Crippen LogP contribution is -2.48. The molecule has 0 N–H and O–H groups in total. The summed E-state index contributed by atoms with van der Waals surface area (Å²) >= 11 is 6.10. The first-order valence-electron chi connectivity index (χ1n) is 13.5. The third kappa shape index (κ3) is 5.38. The Labute approximate surface area is 252 Å². The molecule has 0 saturated carbocycles. The summed E-state index contributed by atoms with van der Waals surface area (Å²) in [6, 6.07) is 25.2. The zero-order chi connectivity index (χ0) is 30.3. The van der Waals surface area contributed by atoms with E-state index in [1.165, 1.54) is 10.4 Å². The molecule has 4 aromatic carbocycles. The Morgan fingerprint density at radius 2 is 1.51 bits per heavy atom. The molecule has 1 fully saturated rings. The Kier molecular flexibility index (Phi) is 7.47. The van der Waals surface area contributed by atoms with Crippen molar-refractivity contribution < 1.29 is 13.3 Å². The van der Waals surface area contributed by atoms with E-state index >= 15 is 0 Å². The maximum Gasteiger partial charge on any atom is 0.295 e. The van der Waals surface area contributed by atoms with Crippen molar-refractivity contribution in [3.63, 3.8) is 0 Å². The van der Waals surface area contributed by atoms with Gasteiger partial charge in [-0.05, 0) is 49.4 Å². The van der Waals surface area contributed by atoms with Crippen LogP contribution in [-0.2, 0) is 10.0 Å². The maximum atomic E-state index is 13.7. The van der Waals surface area contributed by atoms with Crippen LogP contribution in [0.1, 0.15) is 5.56 Å². The van der Waals surface area contributed by atoms with E-state index in [4.69, 9.17) is 11.6 Å². The van der Waals surface area contributed by atoms with Gasteiger partial charge in [0, 0.05) is 53.9 Å². The normalized spacial score (nSPS) is 14.2. The summed E-state index contributed by atoms with van der Waals surface area (Å²) in [4.78, 5) is 27.5. The summed E-state index contributed by atoms with van der Waals surface area (Å²) < 4.78 is 28.9. The van der Waals surface area contributed by atoms with Crippen molar-refractivity contribution in [1.82, 2.24) is 14.1 Å². The number of hydrogen-bond donors (Lipinski definition) is 0. The van der Waals surface area contributed by atoms with Crippen LogP contribution in [-0.4, -0.2) is 53.6 Å². The van der Waals surface area contributed by atoms with Crippen LogP contribution in [0.15, 0.2) is 101 Å². The van der Waals surface area contributed by atoms with Gasteiger partial charge in [0.05, 0.1) is 20.9 Å². The second kappa shape index (κ2) is 11.3. The number of aromatic nitrogens is 2. The molecule has 2 heterocycles. The highest BCUT2D eigenvalue weighted by atomic mass is 35.5. The minimum Gasteiger partial charge on any atom is -0.369 e. The molecule has 1 saturated heterocycles. The fourth-order valence-electron chi connectivity index (χ4n) is 5.25. The first-order chi connectivity index (χ1) is 20.6. The van der Waals surface area contributed by atoms with E-state index in [1.807, 2.05) is 11.8 Å². The molecule has 12 heteroatoms. The van der Waals surface area contributed by atoms with Gasteiger partial charge in [0.2, 0.25) is 10.0 Å². The van der Waals surface area contributed by atoms with Crippen LogP contribution in [0.4, 0.5) is 11.4 Å². The number of nitro groups is 1. The SMILES string of the molecule is Cc1ccc(S(=O)(=O)N2CCN(c3ccc([N+](=O)[O-])c(-n4nc(-c5ccc(Cl)cc5)c5ccccc5c4=O)c3)CC2)cc1. The number of sulfonamides is 1. The molecule has 0 radical (unpaired) electrons. The lowest BCUT2D eigenvalue weighted by Gasteiger charge is -2.35. The summed E-state index contributed by atoms with van der Waals surface area (Å²) in [5.41, 5.74) is 1.99. The van der Waals surface area contributed by atoms with Crippen molar-refractivity contribution >= 4 is 43.8 Å². The quantitative estimate of drug-likeness (QED) is 0.184. The van der Waals surface area contributed by atoms with Gasteiger partial charge < -0.3 is 4.90 Å². The number of benzene rings is 4. The topological polar surface area (TPSA) is 119 Å². The Balaban J connectivity index is 1.39. The molecule has 5 aromatic rings. The monoisotopic (exact) mass is 615 g/mol. The van der Waals surface area contributed by atoms with E-state index in [9.17, 15) is 23.3 Å². The largest absolute Gasteiger partial charge is 0.369 e. The first-order valence-corrected chi connectivity index (χ1v) is 15.3. The van der Waals surface area contributed by atoms with E-state index in [1.54, 1.807) is 84.9 Å². The molecule has 218 valence electrons. The van der Waals surface area contributed by atoms with Gasteiger partial charge >= 0.3 is 0 Å². The Hall–Kier alpha value is -4.58. The molecular weight excluding hydrogens is 590 g/mol. The summed E-state index contributed by atoms with van der Waals surface area (Å²) in [5.74, 6) is 0. The lowest BCUT2D eigenvalue weighted by molar-refractivity contribution is -0.384. The summed E-state index contributed by atoms with van der Waals surface area (Å²) in [6.07, 6.45) is 0. The minimum absolute atomic E-state index is 0.0168. The van der Waals surface area contributed by atoms with Crippen LogP contribution >= 0.6 is 11.6 Å². The molecule has 0 amide bonds. The molecule has 43 heavy (non-hydrogen) atoms. The number of nitro benzene ring substituents is 1. The molecule has 1 aromatic heterocycles. The van der Waals surface area contributed by atoms with E-state index in [-0.39, 0.29) is 29.4 Å². The predicted molar refractivity (Wildman–Crippen MR) is 167 cm³/mol. The predicted octanol–water partition coefficient (Wildman–Crippen LogP) is 5.43. The molecule has 1 aliphatic heterocycles. The second-order valence-corrected chi connectivity index (χ2v) is 12.6. The third-order valence-corrected chi connectivity index (χ3v) is 9.73. The van der Waals surface area contributed by atoms with Crippen molar-refractivity contribution in [2.45, 2.75) is 11.8 Å². The third-order valence-electron chi connectivity index (χ3n) is 7.57. The zero-order valence-electron chi connectivity index (χ0n) is 23.1. The lowest BCUT2D eigenvalue weighted by atomic mass is 10.0. The summed E-state index contributed by atoms with van der Waals surface area (Å²) in [6.45, 7) is 3.08. The molecule has 0 spiro atoms. The Morgan fingerprint density at radius 3 is 2.16 bits per heavy atom. The van der Waals surface area contributed by atoms with Gasteiger partial charge in [-0.15, -0.1) is 0 Å². The van der Waals surface area contributed by atoms with Crippen molar-refractivity contribution in [3.8, 4) is 16.9 Å². The molecule has 0 atom stereocenters. The molecule has 0 aliphatic carbocycles. The van der Waals surface area contributed by atoms with Gasteiger partial charge in [-0.3, -0.25) is 14.9 Å². The highest BCUT2D eigenvalue weighted by molar-refractivity contribution is 7.89. The number of nitrogens with zero attached hydrogens (tertiary/aromatic N) is 5. The fourth-order valence-corrected chi connectivity index (χ4v) is 6.80. The van der Waals surface area contributed by atoms with Crippen LogP contribution in [0.5, 0.6) is 0 Å². The zero-order valence-corrected chi connectivity index (χ0v) is 24.6. The molecule has 1 aliphatic rings. The number of hydrogen-bond acceptors (Lipinski definition) is 7. The molecule has 0 bridgehead atoms. The number of anilines is 1. The van der Waals surface area contributed by atoms with Gasteiger partial charge in [-0.25, -0.2) is 8.42 Å². The van der Waals surface area contributed by atoms with Gasteiger partial charge in [0.1, 0.15) is 5.69 Å². The van der Waals surface area contributed by atoms with Gasteiger partial charge in [-0.1, -0.05) is 59.6 Å². The first kappa shape index (κ1) is 28.5. The highest BCUT2D eigenvalue weighted by Gasteiger charge is 2.30. The number of rotatable bonds is 6. The van der Waals surface area contributed by atoms with E-state index in [0.29, 0.717) is 45.8 Å². The molecule has 10 nitrogen and oxygen atoms in total. The molecule has 0 unspecified atom stereocenters. The van der Waals surface area contributed by atoms with Crippen molar-refractivity contribution in [2.75, 3.05) is 31.1 Å². The van der Waals surface area contributed by atoms with Crippen LogP contribution < -0.4 is 10.5 Å². The van der Waals surface area contributed by atoms with E-state index in [0.717, 1.165) is 10.2 Å². The van der Waals surface area contributed by atoms with Crippen LogP contribution in [0.2, 0.25) is 5.02 Å². The van der Waals surface area contributed by atoms with Crippen LogP contribution in [0.3, 0.4) is 0 Å². The molecular formula is C31H26ClN5O5S. The van der Waals surface area contributed by atoms with Crippen molar-refractivity contribution in [2.24, 2.45) is 0 Å². The maximum absolute atomic E-state index is 13.7. The van der Waals surface area contributed by atoms with Gasteiger partial charge in [-0.2, -0.15) is 14.1 Å². The van der Waals surface area contributed by atoms with Crippen molar-refractivity contribution in [3.05, 3.63) is 122 Å². The second-order valence-electron chi connectivity index (χ2n) is 10.3. The number of aryl methyl sites for hydroxylation is 1. The smallest absolute Gasteiger partial charge is 0.295 e. The fraction of sp³-hybridized carbons (Fsp3) is 0.161. The summed E-state index contributed by atoms with van der Waals surface area (Å²) in [7, 11) is -3.66. The average molecular weight is 616 g/mol. The van der Waals surface area contributed by atoms with Crippen molar-refractivity contribution in [1.29, 1.82) is 0 Å². The molecule has 6 rings (SSSR count). The number of halogens is 1. The van der Waals surface area contributed by atoms with Gasteiger partial charge in [0.25, 0.3) is 11.2 Å². The minimum atomic E-state index is -3.66. The average Bonchev–Trinajstić information content (AvgIpc) is 3.02. The van der Waals surface area contributed by atoms with E-state index in [2.05, 4.69) is 5.10 Å². The Bertz CT molecular complexity index is 2020. The highest BCUT2D eigenvalue weighted by Crippen LogP contribution is 2.31. The van der Waals surface area contributed by atoms with Crippen LogP contribution in [0, 0.1) is 17.0 Å². The summed E-state index contributed by atoms with van der Waals surface area (Å²) in [5, 5.41) is 18.3. The van der Waals surface area contributed by atoms with E-state index < -0.39 is 20.5 Å². The Morgan fingerprint density at radius 1 is 0.860 bits per heavy atom.